The van der Waals surface area contributed by atoms with Crippen molar-refractivity contribution in [1.82, 2.24) is 5.32 Å². The van der Waals surface area contributed by atoms with Crippen molar-refractivity contribution in [3.63, 3.8) is 0 Å². The van der Waals surface area contributed by atoms with Crippen LogP contribution in [-0.2, 0) is 22.4 Å². The molecule has 0 unspecified atom stereocenters. The summed E-state index contributed by atoms with van der Waals surface area (Å²) in [7, 11) is 0. The van der Waals surface area contributed by atoms with Crippen molar-refractivity contribution >= 4 is 39.1 Å². The monoisotopic (exact) mass is 428 g/mol. The second kappa shape index (κ2) is 8.85. The van der Waals surface area contributed by atoms with Crippen LogP contribution in [0.5, 0.6) is 0 Å². The van der Waals surface area contributed by atoms with Gasteiger partial charge >= 0.3 is 5.97 Å². The Morgan fingerprint density at radius 3 is 2.12 bits per heavy atom. The third-order valence-corrected chi connectivity index (χ3v) is 5.41. The Balaban J connectivity index is 1.62. The summed E-state index contributed by atoms with van der Waals surface area (Å²) in [5, 5.41) is 27.2. The minimum atomic E-state index is -1.14. The first-order valence-corrected chi connectivity index (χ1v) is 10.1. The molecular formula is C25H20N2O5. The number of amides is 1. The van der Waals surface area contributed by atoms with Crippen molar-refractivity contribution in [2.45, 2.75) is 18.9 Å². The maximum absolute atomic E-state index is 12.6. The van der Waals surface area contributed by atoms with E-state index in [2.05, 4.69) is 11.4 Å². The van der Waals surface area contributed by atoms with E-state index >= 15 is 0 Å². The van der Waals surface area contributed by atoms with Crippen LogP contribution in [0.3, 0.4) is 0 Å². The summed E-state index contributed by atoms with van der Waals surface area (Å²) in [6, 6.07) is 22.2. The van der Waals surface area contributed by atoms with E-state index < -0.39 is 22.8 Å². The average Bonchev–Trinajstić information content (AvgIpc) is 2.78. The molecule has 32 heavy (non-hydrogen) atoms. The number of aliphatic carboxylic acids is 1. The lowest BCUT2D eigenvalue weighted by atomic mass is 9.92. The average molecular weight is 428 g/mol. The van der Waals surface area contributed by atoms with Crippen molar-refractivity contribution in [2.75, 3.05) is 0 Å². The van der Waals surface area contributed by atoms with E-state index in [1.54, 1.807) is 6.07 Å². The molecule has 2 N–H and O–H groups in total. The molecule has 7 nitrogen and oxygen atoms in total. The number of nitrogens with one attached hydrogen (secondary N) is 1. The van der Waals surface area contributed by atoms with Gasteiger partial charge in [0.2, 0.25) is 5.91 Å². The number of benzene rings is 4. The molecule has 0 heterocycles. The lowest BCUT2D eigenvalue weighted by Crippen LogP contribution is -2.43. The predicted octanol–water partition coefficient (Wildman–Crippen LogP) is 4.26. The first-order chi connectivity index (χ1) is 15.4. The highest BCUT2D eigenvalue weighted by atomic mass is 16.6. The van der Waals surface area contributed by atoms with Gasteiger partial charge in [0.05, 0.1) is 11.3 Å². The van der Waals surface area contributed by atoms with Gasteiger partial charge in [0, 0.05) is 18.6 Å². The van der Waals surface area contributed by atoms with Crippen LogP contribution in [0.1, 0.15) is 11.1 Å². The fourth-order valence-corrected chi connectivity index (χ4v) is 3.94. The number of hydrogen-bond acceptors (Lipinski definition) is 4. The standard InChI is InChI=1S/C25H20N2O5/c28-24(13-16-6-5-9-19(12-16)27(31)32)26-23(25(29)30)15-22-20-10-3-1-7-17(20)14-18-8-2-4-11-21(18)22/h1-12,14,23H,13,15H2,(H,26,28)(H,29,30)/t23-/m0/s1. The van der Waals surface area contributed by atoms with E-state index in [4.69, 9.17) is 0 Å². The predicted molar refractivity (Wildman–Crippen MR) is 122 cm³/mol. The number of non-ortho nitro benzene ring substituents is 1. The molecule has 7 heteroatoms. The summed E-state index contributed by atoms with van der Waals surface area (Å²) in [5.41, 5.74) is 1.17. The van der Waals surface area contributed by atoms with Crippen LogP contribution in [-0.4, -0.2) is 27.9 Å². The molecule has 0 aromatic heterocycles. The van der Waals surface area contributed by atoms with Gasteiger partial charge in [0.15, 0.2) is 0 Å². The number of rotatable bonds is 7. The van der Waals surface area contributed by atoms with Crippen molar-refractivity contribution in [1.29, 1.82) is 0 Å². The van der Waals surface area contributed by atoms with E-state index in [1.807, 2.05) is 48.5 Å². The molecule has 0 aliphatic heterocycles. The molecule has 4 aromatic carbocycles. The molecule has 0 saturated carbocycles. The number of nitro groups is 1. The van der Waals surface area contributed by atoms with Gasteiger partial charge in [0.1, 0.15) is 6.04 Å². The van der Waals surface area contributed by atoms with Gasteiger partial charge in [0.25, 0.3) is 5.69 Å². The maximum atomic E-state index is 12.6. The quantitative estimate of drug-likeness (QED) is 0.260. The summed E-state index contributed by atoms with van der Waals surface area (Å²) >= 11 is 0. The summed E-state index contributed by atoms with van der Waals surface area (Å²) in [5.74, 6) is -1.66. The summed E-state index contributed by atoms with van der Waals surface area (Å²) in [6.07, 6.45) is -0.0420. The molecule has 0 fully saturated rings. The second-order valence-electron chi connectivity index (χ2n) is 7.56. The summed E-state index contributed by atoms with van der Waals surface area (Å²) < 4.78 is 0. The van der Waals surface area contributed by atoms with Gasteiger partial charge < -0.3 is 10.4 Å². The zero-order valence-corrected chi connectivity index (χ0v) is 17.0. The Labute approximate surface area is 183 Å². The Kier molecular flexibility index (Phi) is 5.81. The highest BCUT2D eigenvalue weighted by Crippen LogP contribution is 2.29. The molecule has 0 spiro atoms. The third-order valence-electron chi connectivity index (χ3n) is 5.41. The van der Waals surface area contributed by atoms with Crippen LogP contribution in [0.2, 0.25) is 0 Å². The molecular weight excluding hydrogens is 408 g/mol. The van der Waals surface area contributed by atoms with Gasteiger partial charge in [-0.05, 0) is 38.7 Å². The highest BCUT2D eigenvalue weighted by Gasteiger charge is 2.23. The minimum absolute atomic E-state index is 0.109. The zero-order chi connectivity index (χ0) is 22.7. The number of hydrogen-bond donors (Lipinski definition) is 2. The normalized spacial score (nSPS) is 11.9. The molecule has 0 bridgehead atoms. The first-order valence-electron chi connectivity index (χ1n) is 10.1. The molecule has 160 valence electrons. The minimum Gasteiger partial charge on any atom is -0.480 e. The SMILES string of the molecule is O=C(Cc1cccc([N+](=O)[O-])c1)N[C@@H](Cc1c2ccccc2cc2ccccc12)C(=O)O. The Morgan fingerprint density at radius 1 is 0.906 bits per heavy atom. The molecule has 0 saturated heterocycles. The number of carbonyl (C=O) groups is 2. The van der Waals surface area contributed by atoms with Gasteiger partial charge in [-0.25, -0.2) is 4.79 Å². The van der Waals surface area contributed by atoms with Gasteiger partial charge in [-0.2, -0.15) is 0 Å². The van der Waals surface area contributed by atoms with E-state index in [9.17, 15) is 24.8 Å². The number of fused-ring (bicyclic) bond motifs is 2. The fourth-order valence-electron chi connectivity index (χ4n) is 3.94. The van der Waals surface area contributed by atoms with Crippen LogP contribution in [0, 0.1) is 10.1 Å². The van der Waals surface area contributed by atoms with Gasteiger partial charge in [-0.15, -0.1) is 0 Å². The maximum Gasteiger partial charge on any atom is 0.326 e. The first kappa shape index (κ1) is 21.0. The zero-order valence-electron chi connectivity index (χ0n) is 17.0. The molecule has 4 aromatic rings. The highest BCUT2D eigenvalue weighted by molar-refractivity contribution is 6.02. The molecule has 0 radical (unpaired) electrons. The topological polar surface area (TPSA) is 110 Å². The summed E-state index contributed by atoms with van der Waals surface area (Å²) in [6.45, 7) is 0. The second-order valence-corrected chi connectivity index (χ2v) is 7.56. The van der Waals surface area contributed by atoms with E-state index in [-0.39, 0.29) is 18.5 Å². The van der Waals surface area contributed by atoms with Crippen LogP contribution >= 0.6 is 0 Å². The van der Waals surface area contributed by atoms with E-state index in [0.29, 0.717) is 5.56 Å². The largest absolute Gasteiger partial charge is 0.480 e. The number of carboxylic acids is 1. The van der Waals surface area contributed by atoms with Crippen molar-refractivity contribution in [2.24, 2.45) is 0 Å². The van der Waals surface area contributed by atoms with Crippen molar-refractivity contribution < 1.29 is 19.6 Å². The number of nitro benzene ring substituents is 1. The lowest BCUT2D eigenvalue weighted by Gasteiger charge is -2.18. The van der Waals surface area contributed by atoms with Crippen LogP contribution in [0.4, 0.5) is 5.69 Å². The number of nitrogens with zero attached hydrogens (tertiary/aromatic N) is 1. The van der Waals surface area contributed by atoms with Crippen LogP contribution in [0.15, 0.2) is 78.9 Å². The van der Waals surface area contributed by atoms with Gasteiger partial charge in [-0.1, -0.05) is 60.7 Å². The Bertz CT molecular complexity index is 1290. The summed E-state index contributed by atoms with van der Waals surface area (Å²) in [4.78, 5) is 35.0. The lowest BCUT2D eigenvalue weighted by molar-refractivity contribution is -0.384. The van der Waals surface area contributed by atoms with E-state index in [1.165, 1.54) is 18.2 Å². The van der Waals surface area contributed by atoms with E-state index in [0.717, 1.165) is 27.1 Å². The fraction of sp³-hybridized carbons (Fsp3) is 0.120. The molecule has 1 amide bonds. The van der Waals surface area contributed by atoms with Crippen molar-refractivity contribution in [3.8, 4) is 0 Å². The molecule has 0 aliphatic carbocycles. The van der Waals surface area contributed by atoms with Crippen LogP contribution < -0.4 is 5.32 Å². The molecule has 0 aliphatic rings. The van der Waals surface area contributed by atoms with Gasteiger partial charge in [-0.3, -0.25) is 14.9 Å². The van der Waals surface area contributed by atoms with Crippen LogP contribution in [0.25, 0.3) is 21.5 Å². The smallest absolute Gasteiger partial charge is 0.326 e. The molecule has 1 atom stereocenters. The van der Waals surface area contributed by atoms with Crippen molar-refractivity contribution in [3.05, 3.63) is 100 Å². The number of carbonyl (C=O) groups excluding carboxylic acids is 1. The third kappa shape index (κ3) is 4.41. The Hall–Kier alpha value is -4.26. The molecule has 4 rings (SSSR count). The number of carboxylic acid groups (broad SMARTS) is 1. The Morgan fingerprint density at radius 2 is 1.53 bits per heavy atom.